The Bertz CT molecular complexity index is 1110. The minimum atomic E-state index is 0.632. The number of pyridine rings is 2. The molecule has 0 aliphatic carbocycles. The Morgan fingerprint density at radius 3 is 2.77 bits per heavy atom. The SMILES string of the molecule is Clc1ccc2c(N3CCc4cccnc43)nc(-c3cccnc3)nc2c1. The van der Waals surface area contributed by atoms with Crippen molar-refractivity contribution in [2.75, 3.05) is 11.4 Å². The van der Waals surface area contributed by atoms with Crippen molar-refractivity contribution in [2.45, 2.75) is 6.42 Å². The van der Waals surface area contributed by atoms with Crippen LogP contribution in [0.15, 0.2) is 61.1 Å². The van der Waals surface area contributed by atoms with E-state index in [2.05, 4.69) is 20.9 Å². The Morgan fingerprint density at radius 2 is 1.88 bits per heavy atom. The zero-order valence-corrected chi connectivity index (χ0v) is 14.6. The zero-order valence-electron chi connectivity index (χ0n) is 13.8. The summed E-state index contributed by atoms with van der Waals surface area (Å²) in [5, 5.41) is 1.61. The van der Waals surface area contributed by atoms with Crippen LogP contribution < -0.4 is 4.90 Å². The van der Waals surface area contributed by atoms with Gasteiger partial charge in [-0.3, -0.25) is 4.98 Å². The molecule has 5 nitrogen and oxygen atoms in total. The third-order valence-electron chi connectivity index (χ3n) is 4.54. The predicted octanol–water partition coefficient (Wildman–Crippen LogP) is 4.43. The molecule has 126 valence electrons. The van der Waals surface area contributed by atoms with Crippen molar-refractivity contribution >= 4 is 34.1 Å². The first-order valence-corrected chi connectivity index (χ1v) is 8.76. The molecule has 1 aliphatic rings. The molecule has 0 fully saturated rings. The molecular weight excluding hydrogens is 346 g/mol. The fourth-order valence-corrected chi connectivity index (χ4v) is 3.50. The summed E-state index contributed by atoms with van der Waals surface area (Å²) < 4.78 is 0. The van der Waals surface area contributed by atoms with E-state index in [-0.39, 0.29) is 0 Å². The Kier molecular flexibility index (Phi) is 3.53. The minimum Gasteiger partial charge on any atom is -0.310 e. The lowest BCUT2D eigenvalue weighted by atomic mass is 10.2. The second-order valence-electron chi connectivity index (χ2n) is 6.16. The number of aromatic nitrogens is 4. The van der Waals surface area contributed by atoms with Crippen LogP contribution in [0.2, 0.25) is 5.02 Å². The summed E-state index contributed by atoms with van der Waals surface area (Å²) in [6.07, 6.45) is 6.28. The largest absolute Gasteiger partial charge is 0.310 e. The van der Waals surface area contributed by atoms with Crippen molar-refractivity contribution in [3.8, 4) is 11.4 Å². The molecule has 3 aromatic heterocycles. The predicted molar refractivity (Wildman–Crippen MR) is 103 cm³/mol. The van der Waals surface area contributed by atoms with Crippen molar-refractivity contribution in [3.63, 3.8) is 0 Å². The van der Waals surface area contributed by atoms with Crippen LogP contribution in [-0.4, -0.2) is 26.5 Å². The van der Waals surface area contributed by atoms with Crippen LogP contribution in [0, 0.1) is 0 Å². The van der Waals surface area contributed by atoms with E-state index in [4.69, 9.17) is 21.6 Å². The third kappa shape index (κ3) is 2.48. The van der Waals surface area contributed by atoms with Crippen LogP contribution in [0.5, 0.6) is 0 Å². The summed E-state index contributed by atoms with van der Waals surface area (Å²) in [6, 6.07) is 13.6. The van der Waals surface area contributed by atoms with Gasteiger partial charge in [-0.25, -0.2) is 15.0 Å². The van der Waals surface area contributed by atoms with E-state index in [1.165, 1.54) is 5.56 Å². The highest BCUT2D eigenvalue weighted by atomic mass is 35.5. The fraction of sp³-hybridized carbons (Fsp3) is 0.100. The molecule has 0 radical (unpaired) electrons. The van der Waals surface area contributed by atoms with Gasteiger partial charge in [0.2, 0.25) is 0 Å². The highest BCUT2D eigenvalue weighted by Gasteiger charge is 2.25. The maximum Gasteiger partial charge on any atom is 0.163 e. The standard InChI is InChI=1S/C20H14ClN5/c21-15-5-6-16-17(11-15)24-18(14-4-1-8-22-12-14)25-20(16)26-10-7-13-3-2-9-23-19(13)26/h1-6,8-9,11-12H,7,10H2. The topological polar surface area (TPSA) is 54.8 Å². The normalized spacial score (nSPS) is 13.2. The summed E-state index contributed by atoms with van der Waals surface area (Å²) in [7, 11) is 0. The first kappa shape index (κ1) is 15.2. The van der Waals surface area contributed by atoms with E-state index < -0.39 is 0 Å². The fourth-order valence-electron chi connectivity index (χ4n) is 3.33. The monoisotopic (exact) mass is 359 g/mol. The van der Waals surface area contributed by atoms with Crippen LogP contribution in [0.3, 0.4) is 0 Å². The first-order valence-electron chi connectivity index (χ1n) is 8.39. The van der Waals surface area contributed by atoms with Crippen molar-refractivity contribution < 1.29 is 0 Å². The molecule has 26 heavy (non-hydrogen) atoms. The van der Waals surface area contributed by atoms with E-state index >= 15 is 0 Å². The number of benzene rings is 1. The number of anilines is 2. The molecule has 0 atom stereocenters. The number of halogens is 1. The van der Waals surface area contributed by atoms with Gasteiger partial charge in [0.25, 0.3) is 0 Å². The Hall–Kier alpha value is -3.05. The van der Waals surface area contributed by atoms with Gasteiger partial charge >= 0.3 is 0 Å². The van der Waals surface area contributed by atoms with Gasteiger partial charge in [-0.15, -0.1) is 0 Å². The molecule has 1 aliphatic heterocycles. The van der Waals surface area contributed by atoms with Crippen molar-refractivity contribution in [1.29, 1.82) is 0 Å². The van der Waals surface area contributed by atoms with Gasteiger partial charge in [0.05, 0.1) is 5.52 Å². The number of hydrogen-bond donors (Lipinski definition) is 0. The van der Waals surface area contributed by atoms with Gasteiger partial charge in [0.1, 0.15) is 11.6 Å². The second kappa shape index (κ2) is 6.04. The van der Waals surface area contributed by atoms with Crippen LogP contribution >= 0.6 is 11.6 Å². The lowest BCUT2D eigenvalue weighted by molar-refractivity contribution is 0.967. The van der Waals surface area contributed by atoms with Crippen molar-refractivity contribution in [3.05, 3.63) is 71.6 Å². The highest BCUT2D eigenvalue weighted by molar-refractivity contribution is 6.31. The lowest BCUT2D eigenvalue weighted by Gasteiger charge is -2.20. The lowest BCUT2D eigenvalue weighted by Crippen LogP contribution is -2.17. The molecule has 0 N–H and O–H groups in total. The van der Waals surface area contributed by atoms with Crippen LogP contribution in [0.1, 0.15) is 5.56 Å². The van der Waals surface area contributed by atoms with Crippen LogP contribution in [0.4, 0.5) is 11.6 Å². The second-order valence-corrected chi connectivity index (χ2v) is 6.60. The van der Waals surface area contributed by atoms with Crippen LogP contribution in [0.25, 0.3) is 22.3 Å². The molecule has 0 saturated heterocycles. The van der Waals surface area contributed by atoms with Gasteiger partial charge in [-0.1, -0.05) is 17.7 Å². The Balaban J connectivity index is 1.76. The quantitative estimate of drug-likeness (QED) is 0.529. The molecule has 0 unspecified atom stereocenters. The molecule has 0 saturated carbocycles. The van der Waals surface area contributed by atoms with E-state index in [1.807, 2.05) is 42.6 Å². The summed E-state index contributed by atoms with van der Waals surface area (Å²) in [5.41, 5.74) is 2.91. The molecule has 4 heterocycles. The molecule has 0 spiro atoms. The molecule has 5 rings (SSSR count). The molecule has 6 heteroatoms. The average Bonchev–Trinajstić information content (AvgIpc) is 3.11. The summed E-state index contributed by atoms with van der Waals surface area (Å²) in [4.78, 5) is 20.5. The van der Waals surface area contributed by atoms with Crippen molar-refractivity contribution in [2.24, 2.45) is 0 Å². The van der Waals surface area contributed by atoms with Crippen molar-refractivity contribution in [1.82, 2.24) is 19.9 Å². The minimum absolute atomic E-state index is 0.632. The third-order valence-corrected chi connectivity index (χ3v) is 4.78. The van der Waals surface area contributed by atoms with Crippen LogP contribution in [-0.2, 0) is 6.42 Å². The molecule has 4 aromatic rings. The number of fused-ring (bicyclic) bond motifs is 2. The molecule has 1 aromatic carbocycles. The zero-order chi connectivity index (χ0) is 17.5. The van der Waals surface area contributed by atoms with E-state index in [1.54, 1.807) is 12.4 Å². The van der Waals surface area contributed by atoms with Gasteiger partial charge in [-0.2, -0.15) is 0 Å². The molecular formula is C20H14ClN5. The summed E-state index contributed by atoms with van der Waals surface area (Å²) in [5.74, 6) is 2.44. The number of rotatable bonds is 2. The smallest absolute Gasteiger partial charge is 0.163 e. The number of nitrogens with zero attached hydrogens (tertiary/aromatic N) is 5. The Labute approximate surface area is 155 Å². The van der Waals surface area contributed by atoms with Gasteiger partial charge in [0, 0.05) is 41.1 Å². The van der Waals surface area contributed by atoms with E-state index in [0.717, 1.165) is 41.1 Å². The maximum atomic E-state index is 6.21. The van der Waals surface area contributed by atoms with Gasteiger partial charge in [0.15, 0.2) is 5.82 Å². The molecule has 0 amide bonds. The first-order chi connectivity index (χ1) is 12.8. The highest BCUT2D eigenvalue weighted by Crippen LogP contribution is 2.36. The van der Waals surface area contributed by atoms with E-state index in [0.29, 0.717) is 10.8 Å². The molecule has 0 bridgehead atoms. The Morgan fingerprint density at radius 1 is 0.962 bits per heavy atom. The number of hydrogen-bond acceptors (Lipinski definition) is 5. The average molecular weight is 360 g/mol. The van der Waals surface area contributed by atoms with Gasteiger partial charge in [-0.05, 0) is 48.4 Å². The summed E-state index contributed by atoms with van der Waals surface area (Å²) >= 11 is 6.21. The van der Waals surface area contributed by atoms with E-state index in [9.17, 15) is 0 Å². The summed E-state index contributed by atoms with van der Waals surface area (Å²) in [6.45, 7) is 0.841. The van der Waals surface area contributed by atoms with Gasteiger partial charge < -0.3 is 4.90 Å². The maximum absolute atomic E-state index is 6.21.